The maximum Gasteiger partial charge on any atom is 0.236 e. The Kier molecular flexibility index (Phi) is 6.35. The summed E-state index contributed by atoms with van der Waals surface area (Å²) in [6.07, 6.45) is 0. The molecule has 0 saturated heterocycles. The zero-order chi connectivity index (χ0) is 18.7. The fourth-order valence-corrected chi connectivity index (χ4v) is 3.61. The molecule has 0 aliphatic heterocycles. The molecule has 1 heterocycles. The van der Waals surface area contributed by atoms with Gasteiger partial charge in [-0.05, 0) is 31.5 Å². The van der Waals surface area contributed by atoms with E-state index in [1.54, 1.807) is 30.7 Å². The van der Waals surface area contributed by atoms with E-state index in [9.17, 15) is 9.00 Å². The molecule has 0 bridgehead atoms. The van der Waals surface area contributed by atoms with E-state index in [-0.39, 0.29) is 17.9 Å². The van der Waals surface area contributed by atoms with Crippen molar-refractivity contribution in [3.8, 4) is 0 Å². The van der Waals surface area contributed by atoms with Crippen molar-refractivity contribution in [2.75, 3.05) is 0 Å². The SMILES string of the molecule is CC(C)c1nnc([S@@](=O)[C@H](C)C(=O)N[C@@H](C)c2ccc(Cl)cc2)n1C. The lowest BCUT2D eigenvalue weighted by Gasteiger charge is -2.17. The summed E-state index contributed by atoms with van der Waals surface area (Å²) >= 11 is 5.88. The fraction of sp³-hybridized carbons (Fsp3) is 0.471. The van der Waals surface area contributed by atoms with Crippen molar-refractivity contribution in [1.29, 1.82) is 0 Å². The van der Waals surface area contributed by atoms with Crippen LogP contribution < -0.4 is 5.32 Å². The Bertz CT molecular complexity index is 773. The van der Waals surface area contributed by atoms with Gasteiger partial charge in [0.05, 0.1) is 6.04 Å². The van der Waals surface area contributed by atoms with Gasteiger partial charge in [-0.3, -0.25) is 9.00 Å². The minimum absolute atomic E-state index is 0.164. The van der Waals surface area contributed by atoms with Crippen molar-refractivity contribution in [3.63, 3.8) is 0 Å². The quantitative estimate of drug-likeness (QED) is 0.833. The number of carbonyl (C=O) groups is 1. The van der Waals surface area contributed by atoms with Crippen LogP contribution in [0.4, 0.5) is 0 Å². The van der Waals surface area contributed by atoms with Crippen LogP contribution in [0, 0.1) is 0 Å². The molecule has 8 heteroatoms. The molecule has 1 aromatic carbocycles. The average molecular weight is 383 g/mol. The number of carbonyl (C=O) groups excluding carboxylic acids is 1. The lowest BCUT2D eigenvalue weighted by molar-refractivity contribution is -0.121. The molecule has 2 rings (SSSR count). The first-order valence-corrected chi connectivity index (χ1v) is 9.67. The normalized spacial score (nSPS) is 15.0. The fourth-order valence-electron chi connectivity index (χ4n) is 2.42. The molecule has 0 aliphatic rings. The van der Waals surface area contributed by atoms with Gasteiger partial charge < -0.3 is 9.88 Å². The van der Waals surface area contributed by atoms with E-state index in [0.717, 1.165) is 11.4 Å². The van der Waals surface area contributed by atoms with Crippen LogP contribution in [0.2, 0.25) is 5.02 Å². The van der Waals surface area contributed by atoms with E-state index < -0.39 is 16.0 Å². The summed E-state index contributed by atoms with van der Waals surface area (Å²) in [6.45, 7) is 7.47. The van der Waals surface area contributed by atoms with Crippen LogP contribution in [-0.4, -0.2) is 30.1 Å². The molecule has 0 fully saturated rings. The highest BCUT2D eigenvalue weighted by atomic mass is 35.5. The Morgan fingerprint density at radius 1 is 1.16 bits per heavy atom. The summed E-state index contributed by atoms with van der Waals surface area (Å²) in [4.78, 5) is 12.5. The number of halogens is 1. The van der Waals surface area contributed by atoms with Gasteiger partial charge in [0.25, 0.3) is 0 Å². The van der Waals surface area contributed by atoms with E-state index in [0.29, 0.717) is 10.2 Å². The summed E-state index contributed by atoms with van der Waals surface area (Å²) in [5, 5.41) is 11.2. The number of rotatable bonds is 6. The molecule has 0 unspecified atom stereocenters. The second kappa shape index (κ2) is 8.10. The topological polar surface area (TPSA) is 76.9 Å². The van der Waals surface area contributed by atoms with Crippen molar-refractivity contribution < 1.29 is 9.00 Å². The molecular formula is C17H23ClN4O2S. The lowest BCUT2D eigenvalue weighted by Crippen LogP contribution is -2.37. The van der Waals surface area contributed by atoms with E-state index in [1.807, 2.05) is 32.9 Å². The minimum atomic E-state index is -1.59. The molecule has 0 aliphatic carbocycles. The van der Waals surface area contributed by atoms with Crippen LogP contribution in [0.1, 0.15) is 51.0 Å². The molecule has 0 radical (unpaired) electrons. The summed E-state index contributed by atoms with van der Waals surface area (Å²) in [5.74, 6) is 0.609. The van der Waals surface area contributed by atoms with Gasteiger partial charge in [0.15, 0.2) is 0 Å². The van der Waals surface area contributed by atoms with Crippen LogP contribution in [0.5, 0.6) is 0 Å². The number of hydrogen-bond acceptors (Lipinski definition) is 4. The predicted molar refractivity (Wildman–Crippen MR) is 99.0 cm³/mol. The zero-order valence-corrected chi connectivity index (χ0v) is 16.6. The van der Waals surface area contributed by atoms with Gasteiger partial charge in [0.1, 0.15) is 21.9 Å². The number of hydrogen-bond donors (Lipinski definition) is 1. The van der Waals surface area contributed by atoms with E-state index >= 15 is 0 Å². The van der Waals surface area contributed by atoms with Gasteiger partial charge in [-0.15, -0.1) is 10.2 Å². The van der Waals surface area contributed by atoms with E-state index in [1.165, 1.54) is 0 Å². The third-order valence-corrected chi connectivity index (χ3v) is 5.81. The molecule has 2 aromatic rings. The Labute approximate surface area is 155 Å². The maximum atomic E-state index is 12.7. The Hall–Kier alpha value is -1.73. The second-order valence-corrected chi connectivity index (χ2v) is 8.38. The van der Waals surface area contributed by atoms with E-state index in [4.69, 9.17) is 11.6 Å². The van der Waals surface area contributed by atoms with Gasteiger partial charge in [-0.25, -0.2) is 0 Å². The van der Waals surface area contributed by atoms with Crippen molar-refractivity contribution in [1.82, 2.24) is 20.1 Å². The van der Waals surface area contributed by atoms with Crippen LogP contribution in [-0.2, 0) is 22.6 Å². The number of benzene rings is 1. The van der Waals surface area contributed by atoms with Gasteiger partial charge in [-0.1, -0.05) is 37.6 Å². The van der Waals surface area contributed by atoms with E-state index in [2.05, 4.69) is 15.5 Å². The monoisotopic (exact) mass is 382 g/mol. The van der Waals surface area contributed by atoms with Crippen LogP contribution >= 0.6 is 11.6 Å². The second-order valence-electron chi connectivity index (χ2n) is 6.28. The van der Waals surface area contributed by atoms with Crippen LogP contribution in [0.25, 0.3) is 0 Å². The van der Waals surface area contributed by atoms with Crippen molar-refractivity contribution in [2.45, 2.75) is 50.1 Å². The number of amides is 1. The summed E-state index contributed by atoms with van der Waals surface area (Å²) in [6, 6.07) is 7.04. The summed E-state index contributed by atoms with van der Waals surface area (Å²) in [7, 11) is 0.182. The first-order valence-electron chi connectivity index (χ1n) is 8.08. The lowest BCUT2D eigenvalue weighted by atomic mass is 10.1. The molecule has 3 atom stereocenters. The highest BCUT2D eigenvalue weighted by Crippen LogP contribution is 2.18. The highest BCUT2D eigenvalue weighted by Gasteiger charge is 2.27. The molecule has 1 N–H and O–H groups in total. The van der Waals surface area contributed by atoms with Crippen molar-refractivity contribution >= 4 is 28.3 Å². The largest absolute Gasteiger partial charge is 0.349 e. The Balaban J connectivity index is 2.08. The molecule has 25 heavy (non-hydrogen) atoms. The average Bonchev–Trinajstić information content (AvgIpc) is 2.95. The summed E-state index contributed by atoms with van der Waals surface area (Å²) < 4.78 is 14.4. The van der Waals surface area contributed by atoms with Gasteiger partial charge in [0, 0.05) is 18.0 Å². The number of nitrogens with one attached hydrogen (secondary N) is 1. The minimum Gasteiger partial charge on any atom is -0.349 e. The molecule has 1 amide bonds. The van der Waals surface area contributed by atoms with Gasteiger partial charge >= 0.3 is 0 Å². The summed E-state index contributed by atoms with van der Waals surface area (Å²) in [5.41, 5.74) is 0.927. The zero-order valence-electron chi connectivity index (χ0n) is 15.0. The molecule has 0 saturated carbocycles. The first-order chi connectivity index (χ1) is 11.7. The van der Waals surface area contributed by atoms with Crippen molar-refractivity contribution in [3.05, 3.63) is 40.7 Å². The molecule has 6 nitrogen and oxygen atoms in total. The smallest absolute Gasteiger partial charge is 0.236 e. The number of nitrogens with zero attached hydrogens (tertiary/aromatic N) is 3. The predicted octanol–water partition coefficient (Wildman–Crippen LogP) is 2.97. The maximum absolute atomic E-state index is 12.7. The van der Waals surface area contributed by atoms with Gasteiger partial charge in [-0.2, -0.15) is 0 Å². The third kappa shape index (κ3) is 4.46. The third-order valence-electron chi connectivity index (χ3n) is 3.98. The highest BCUT2D eigenvalue weighted by molar-refractivity contribution is 7.86. The number of aromatic nitrogens is 3. The molecular weight excluding hydrogens is 360 g/mol. The van der Waals surface area contributed by atoms with Gasteiger partial charge in [0.2, 0.25) is 11.1 Å². The Morgan fingerprint density at radius 2 is 1.76 bits per heavy atom. The Morgan fingerprint density at radius 3 is 2.28 bits per heavy atom. The first kappa shape index (κ1) is 19.6. The molecule has 136 valence electrons. The van der Waals surface area contributed by atoms with Crippen molar-refractivity contribution in [2.24, 2.45) is 7.05 Å². The molecule has 1 aromatic heterocycles. The van der Waals surface area contributed by atoms with Crippen LogP contribution in [0.15, 0.2) is 29.4 Å². The molecule has 0 spiro atoms. The van der Waals surface area contributed by atoms with Crippen LogP contribution in [0.3, 0.4) is 0 Å². The standard InChI is InChI=1S/C17H23ClN4O2S/c1-10(2)15-20-21-17(22(15)5)25(24)12(4)16(23)19-11(3)13-6-8-14(18)9-7-13/h6-12H,1-5H3,(H,19,23)/t11-,12+,25-/m0/s1.